The lowest BCUT2D eigenvalue weighted by Gasteiger charge is -1.97. The van der Waals surface area contributed by atoms with Crippen molar-refractivity contribution in [2.75, 3.05) is 0 Å². The van der Waals surface area contributed by atoms with Gasteiger partial charge < -0.3 is 10.2 Å². The van der Waals surface area contributed by atoms with Crippen molar-refractivity contribution < 1.29 is 15.0 Å². The van der Waals surface area contributed by atoms with Crippen LogP contribution in [-0.2, 0) is 4.79 Å². The third-order valence-corrected chi connectivity index (χ3v) is 2.23. The van der Waals surface area contributed by atoms with Gasteiger partial charge in [0, 0.05) is 11.8 Å². The Bertz CT molecular complexity index is 486. The van der Waals surface area contributed by atoms with E-state index in [1.807, 2.05) is 43.3 Å². The van der Waals surface area contributed by atoms with Gasteiger partial charge in [0.1, 0.15) is 5.75 Å². The maximum absolute atomic E-state index is 9.60. The second kappa shape index (κ2) is 6.53. The second-order valence-corrected chi connectivity index (χ2v) is 3.64. The van der Waals surface area contributed by atoms with Crippen molar-refractivity contribution in [1.29, 1.82) is 0 Å². The standard InChI is InChI=1S/C10H8O.C4H8O2/c11-10-7-3-5-8-4-1-2-6-9(8)10;1-2-3-4(5)6/h1-7,11H;2-3H2,1H3,(H,5,6). The number of benzene rings is 2. The number of hydrogen-bond acceptors (Lipinski definition) is 2. The predicted molar refractivity (Wildman–Crippen MR) is 68.2 cm³/mol. The van der Waals surface area contributed by atoms with E-state index in [0.717, 1.165) is 17.2 Å². The normalized spacial score (nSPS) is 9.47. The van der Waals surface area contributed by atoms with Crippen LogP contribution < -0.4 is 0 Å². The Kier molecular flexibility index (Phi) is 5.01. The number of phenols is 1. The van der Waals surface area contributed by atoms with Crippen LogP contribution in [0, 0.1) is 0 Å². The third kappa shape index (κ3) is 4.15. The Morgan fingerprint density at radius 2 is 1.76 bits per heavy atom. The first-order chi connectivity index (χ1) is 8.15. The fraction of sp³-hybridized carbons (Fsp3) is 0.214. The zero-order chi connectivity index (χ0) is 12.7. The minimum absolute atomic E-state index is 0.292. The molecule has 2 aromatic carbocycles. The zero-order valence-corrected chi connectivity index (χ0v) is 9.76. The first kappa shape index (κ1) is 13.0. The predicted octanol–water partition coefficient (Wildman–Crippen LogP) is 3.42. The van der Waals surface area contributed by atoms with Gasteiger partial charge in [-0.05, 0) is 17.9 Å². The molecule has 0 bridgehead atoms. The minimum atomic E-state index is -0.711. The summed E-state index contributed by atoms with van der Waals surface area (Å²) in [5.41, 5.74) is 0. The quantitative estimate of drug-likeness (QED) is 0.834. The molecule has 90 valence electrons. The van der Waals surface area contributed by atoms with Crippen LogP contribution in [0.5, 0.6) is 5.75 Å². The molecule has 0 spiro atoms. The molecule has 3 heteroatoms. The van der Waals surface area contributed by atoms with Gasteiger partial charge in [0.25, 0.3) is 0 Å². The fourth-order valence-corrected chi connectivity index (χ4v) is 1.42. The number of phenolic OH excluding ortho intramolecular Hbond substituents is 1. The summed E-state index contributed by atoms with van der Waals surface area (Å²) in [6.07, 6.45) is 1.02. The van der Waals surface area contributed by atoms with E-state index in [0.29, 0.717) is 12.2 Å². The maximum Gasteiger partial charge on any atom is 0.303 e. The third-order valence-electron chi connectivity index (χ3n) is 2.23. The monoisotopic (exact) mass is 232 g/mol. The van der Waals surface area contributed by atoms with E-state index in [1.54, 1.807) is 6.07 Å². The van der Waals surface area contributed by atoms with Crippen molar-refractivity contribution in [1.82, 2.24) is 0 Å². The SMILES string of the molecule is CCCC(=O)O.Oc1cccc2ccccc12. The number of carboxylic acids is 1. The number of aromatic hydroxyl groups is 1. The van der Waals surface area contributed by atoms with Gasteiger partial charge >= 0.3 is 5.97 Å². The summed E-state index contributed by atoms with van der Waals surface area (Å²) in [6.45, 7) is 1.84. The molecule has 0 aliphatic heterocycles. The average Bonchev–Trinajstić information content (AvgIpc) is 2.30. The van der Waals surface area contributed by atoms with Crippen LogP contribution in [0.15, 0.2) is 42.5 Å². The fourth-order valence-electron chi connectivity index (χ4n) is 1.42. The lowest BCUT2D eigenvalue weighted by molar-refractivity contribution is -0.137. The second-order valence-electron chi connectivity index (χ2n) is 3.64. The summed E-state index contributed by atoms with van der Waals surface area (Å²) in [4.78, 5) is 9.60. The van der Waals surface area contributed by atoms with Gasteiger partial charge in [-0.25, -0.2) is 0 Å². The van der Waals surface area contributed by atoms with Crippen LogP contribution in [-0.4, -0.2) is 16.2 Å². The Balaban J connectivity index is 0.000000209. The lowest BCUT2D eigenvalue weighted by Crippen LogP contribution is -1.90. The van der Waals surface area contributed by atoms with Crippen LogP contribution in [0.1, 0.15) is 19.8 Å². The number of carboxylic acid groups (broad SMARTS) is 1. The molecule has 0 aromatic heterocycles. The number of rotatable bonds is 2. The lowest BCUT2D eigenvalue weighted by atomic mass is 10.1. The van der Waals surface area contributed by atoms with Crippen LogP contribution in [0.4, 0.5) is 0 Å². The van der Waals surface area contributed by atoms with E-state index in [-0.39, 0.29) is 0 Å². The smallest absolute Gasteiger partial charge is 0.303 e. The molecule has 0 saturated carbocycles. The van der Waals surface area contributed by atoms with Crippen molar-refractivity contribution in [2.24, 2.45) is 0 Å². The Hall–Kier alpha value is -2.03. The van der Waals surface area contributed by atoms with E-state index >= 15 is 0 Å². The first-order valence-electron chi connectivity index (χ1n) is 5.53. The summed E-state index contributed by atoms with van der Waals surface area (Å²) < 4.78 is 0. The highest BCUT2D eigenvalue weighted by atomic mass is 16.4. The molecule has 0 amide bonds. The number of aliphatic carboxylic acids is 1. The molecule has 0 aliphatic rings. The summed E-state index contributed by atoms with van der Waals surface area (Å²) >= 11 is 0. The van der Waals surface area contributed by atoms with Gasteiger partial charge in [-0.2, -0.15) is 0 Å². The molecule has 2 aromatic rings. The number of fused-ring (bicyclic) bond motifs is 1. The van der Waals surface area contributed by atoms with Gasteiger partial charge in [-0.1, -0.05) is 43.3 Å². The van der Waals surface area contributed by atoms with Crippen molar-refractivity contribution in [3.05, 3.63) is 42.5 Å². The highest BCUT2D eigenvalue weighted by Gasteiger charge is 1.94. The summed E-state index contributed by atoms with van der Waals surface area (Å²) in [6, 6.07) is 13.3. The molecule has 0 fully saturated rings. The van der Waals surface area contributed by atoms with Gasteiger partial charge in [-0.15, -0.1) is 0 Å². The minimum Gasteiger partial charge on any atom is -0.507 e. The Morgan fingerprint density at radius 1 is 1.12 bits per heavy atom. The van der Waals surface area contributed by atoms with Crippen LogP contribution in [0.3, 0.4) is 0 Å². The van der Waals surface area contributed by atoms with Gasteiger partial charge in [0.05, 0.1) is 0 Å². The van der Waals surface area contributed by atoms with Crippen molar-refractivity contribution in [3.63, 3.8) is 0 Å². The van der Waals surface area contributed by atoms with E-state index < -0.39 is 5.97 Å². The molecule has 0 unspecified atom stereocenters. The van der Waals surface area contributed by atoms with Gasteiger partial charge in [0.2, 0.25) is 0 Å². The molecular weight excluding hydrogens is 216 g/mol. The van der Waals surface area contributed by atoms with Crippen molar-refractivity contribution in [2.45, 2.75) is 19.8 Å². The van der Waals surface area contributed by atoms with Gasteiger partial charge in [0.15, 0.2) is 0 Å². The molecule has 17 heavy (non-hydrogen) atoms. The maximum atomic E-state index is 9.60. The number of carbonyl (C=O) groups is 1. The molecule has 2 rings (SSSR count). The average molecular weight is 232 g/mol. The molecule has 0 heterocycles. The number of hydrogen-bond donors (Lipinski definition) is 2. The van der Waals surface area contributed by atoms with Crippen LogP contribution in [0.2, 0.25) is 0 Å². The summed E-state index contributed by atoms with van der Waals surface area (Å²) in [7, 11) is 0. The largest absolute Gasteiger partial charge is 0.507 e. The Morgan fingerprint density at radius 3 is 2.29 bits per heavy atom. The molecule has 0 saturated heterocycles. The highest BCUT2D eigenvalue weighted by molar-refractivity contribution is 5.87. The first-order valence-corrected chi connectivity index (χ1v) is 5.53. The molecular formula is C14H16O3. The molecule has 3 nitrogen and oxygen atoms in total. The highest BCUT2D eigenvalue weighted by Crippen LogP contribution is 2.22. The van der Waals surface area contributed by atoms with E-state index in [2.05, 4.69) is 0 Å². The van der Waals surface area contributed by atoms with E-state index in [1.165, 1.54) is 0 Å². The van der Waals surface area contributed by atoms with E-state index in [9.17, 15) is 9.90 Å². The topological polar surface area (TPSA) is 57.5 Å². The molecule has 0 radical (unpaired) electrons. The molecule has 2 N–H and O–H groups in total. The molecule has 0 aliphatic carbocycles. The van der Waals surface area contributed by atoms with Gasteiger partial charge in [-0.3, -0.25) is 4.79 Å². The summed E-state index contributed by atoms with van der Waals surface area (Å²) in [5.74, 6) is -0.361. The summed E-state index contributed by atoms with van der Waals surface area (Å²) in [5, 5.41) is 19.3. The van der Waals surface area contributed by atoms with Crippen LogP contribution in [0.25, 0.3) is 10.8 Å². The zero-order valence-electron chi connectivity index (χ0n) is 9.76. The van der Waals surface area contributed by atoms with Crippen molar-refractivity contribution >= 4 is 16.7 Å². The van der Waals surface area contributed by atoms with Crippen LogP contribution >= 0.6 is 0 Å². The van der Waals surface area contributed by atoms with Crippen molar-refractivity contribution in [3.8, 4) is 5.75 Å². The Labute approximate surface area is 100 Å². The molecule has 0 atom stereocenters. The van der Waals surface area contributed by atoms with E-state index in [4.69, 9.17) is 5.11 Å².